The van der Waals surface area contributed by atoms with Crippen molar-refractivity contribution in [1.82, 2.24) is 19.9 Å². The SMILES string of the molecule is CC(C)C.CC(C)C.NCc1ncc(-c2ccc(CCc3ccc(-c4cnc(CN)[nH]4)cc3)cc2)[nH]1. The normalized spacial score (nSPS) is 10.6. The number of nitrogens with one attached hydrogen (secondary N) is 2. The van der Waals surface area contributed by atoms with Crippen LogP contribution in [0.4, 0.5) is 0 Å². The molecule has 6 nitrogen and oxygen atoms in total. The van der Waals surface area contributed by atoms with Gasteiger partial charge in [0.1, 0.15) is 11.6 Å². The number of rotatable bonds is 7. The van der Waals surface area contributed by atoms with Crippen LogP contribution >= 0.6 is 0 Å². The first-order valence-corrected chi connectivity index (χ1v) is 12.9. The highest BCUT2D eigenvalue weighted by atomic mass is 14.9. The summed E-state index contributed by atoms with van der Waals surface area (Å²) >= 11 is 0. The van der Waals surface area contributed by atoms with E-state index in [0.717, 1.165) is 58.8 Å². The van der Waals surface area contributed by atoms with Gasteiger partial charge in [0, 0.05) is 0 Å². The fourth-order valence-corrected chi connectivity index (χ4v) is 3.22. The number of aromatic nitrogens is 4. The highest BCUT2D eigenvalue weighted by Crippen LogP contribution is 2.20. The molecule has 6 heteroatoms. The van der Waals surface area contributed by atoms with Gasteiger partial charge < -0.3 is 21.4 Å². The number of imidazole rings is 2. The molecule has 0 saturated carbocycles. The zero-order valence-electron chi connectivity index (χ0n) is 22.8. The first kappa shape index (κ1) is 29.0. The van der Waals surface area contributed by atoms with Gasteiger partial charge in [0.15, 0.2) is 0 Å². The van der Waals surface area contributed by atoms with E-state index in [2.05, 4.69) is 110 Å². The van der Waals surface area contributed by atoms with Crippen LogP contribution in [0.15, 0.2) is 60.9 Å². The summed E-state index contributed by atoms with van der Waals surface area (Å²) in [5.74, 6) is 3.27. The minimum atomic E-state index is 0.422. The van der Waals surface area contributed by atoms with Crippen molar-refractivity contribution in [2.75, 3.05) is 0 Å². The van der Waals surface area contributed by atoms with Crippen LogP contribution in [0.2, 0.25) is 0 Å². The molecule has 0 unspecified atom stereocenters. The van der Waals surface area contributed by atoms with E-state index < -0.39 is 0 Å². The summed E-state index contributed by atoms with van der Waals surface area (Å²) in [6.07, 6.45) is 5.65. The Hall–Kier alpha value is -3.22. The van der Waals surface area contributed by atoms with Crippen LogP contribution in [-0.2, 0) is 25.9 Å². The molecule has 0 radical (unpaired) electrons. The Bertz CT molecular complexity index is 1020. The standard InChI is InChI=1S/C22H24N6.2C4H10/c23-11-21-25-13-19(27-21)17-7-3-15(4-8-17)1-2-16-5-9-18(10-6-16)20-14-26-22(12-24)28-20;2*1-4(2)3/h3-10,13-14H,1-2,11-12,23-24H2,(H,25,27)(H,26,28);2*4H,1-3H3. The van der Waals surface area contributed by atoms with Crippen molar-refractivity contribution in [3.63, 3.8) is 0 Å². The van der Waals surface area contributed by atoms with Gasteiger partial charge in [-0.05, 0) is 46.9 Å². The third kappa shape index (κ3) is 10.2. The Kier molecular flexibility index (Phi) is 12.1. The van der Waals surface area contributed by atoms with Crippen molar-refractivity contribution in [3.05, 3.63) is 83.7 Å². The fourth-order valence-electron chi connectivity index (χ4n) is 3.22. The summed E-state index contributed by atoms with van der Waals surface area (Å²) in [5, 5.41) is 0. The molecule has 0 amide bonds. The lowest BCUT2D eigenvalue weighted by molar-refractivity contribution is 0.736. The third-order valence-corrected chi connectivity index (χ3v) is 4.88. The van der Waals surface area contributed by atoms with Crippen LogP contribution in [-0.4, -0.2) is 19.9 Å². The van der Waals surface area contributed by atoms with E-state index in [1.165, 1.54) is 11.1 Å². The van der Waals surface area contributed by atoms with Gasteiger partial charge in [-0.15, -0.1) is 0 Å². The number of nitrogens with two attached hydrogens (primary N) is 2. The molecule has 4 aromatic rings. The van der Waals surface area contributed by atoms with Crippen molar-refractivity contribution < 1.29 is 0 Å². The lowest BCUT2D eigenvalue weighted by Crippen LogP contribution is -1.97. The van der Waals surface area contributed by atoms with E-state index >= 15 is 0 Å². The number of H-pyrrole nitrogens is 2. The maximum Gasteiger partial charge on any atom is 0.120 e. The molecule has 0 aliphatic heterocycles. The lowest BCUT2D eigenvalue weighted by atomic mass is 10.0. The molecule has 0 bridgehead atoms. The molecule has 0 saturated heterocycles. The Morgan fingerprint density at radius 1 is 0.583 bits per heavy atom. The van der Waals surface area contributed by atoms with E-state index in [1.54, 1.807) is 0 Å². The van der Waals surface area contributed by atoms with Gasteiger partial charge in [-0.2, -0.15) is 0 Å². The molecule has 6 N–H and O–H groups in total. The third-order valence-electron chi connectivity index (χ3n) is 4.88. The summed E-state index contributed by atoms with van der Waals surface area (Å²) in [6.45, 7) is 13.8. The highest BCUT2D eigenvalue weighted by Gasteiger charge is 2.04. The molecule has 0 spiro atoms. The summed E-state index contributed by atoms with van der Waals surface area (Å²) < 4.78 is 0. The van der Waals surface area contributed by atoms with Crippen LogP contribution in [0, 0.1) is 11.8 Å². The molecule has 0 fully saturated rings. The number of benzene rings is 2. The largest absolute Gasteiger partial charge is 0.341 e. The van der Waals surface area contributed by atoms with Crippen LogP contribution in [0.25, 0.3) is 22.5 Å². The minimum Gasteiger partial charge on any atom is -0.341 e. The number of aromatic amines is 2. The maximum atomic E-state index is 5.61. The molecule has 0 aliphatic rings. The number of hydrogen-bond donors (Lipinski definition) is 4. The molecule has 194 valence electrons. The Balaban J connectivity index is 0.000000501. The smallest absolute Gasteiger partial charge is 0.120 e. The predicted octanol–water partition coefficient (Wildman–Crippen LogP) is 6.49. The summed E-state index contributed by atoms with van der Waals surface area (Å²) in [6, 6.07) is 17.2. The Morgan fingerprint density at radius 3 is 1.14 bits per heavy atom. The fraction of sp³-hybridized carbons (Fsp3) is 0.400. The van der Waals surface area contributed by atoms with Gasteiger partial charge in [-0.25, -0.2) is 9.97 Å². The van der Waals surface area contributed by atoms with Crippen molar-refractivity contribution >= 4 is 0 Å². The summed E-state index contributed by atoms with van der Waals surface area (Å²) in [7, 11) is 0. The lowest BCUT2D eigenvalue weighted by Gasteiger charge is -2.05. The van der Waals surface area contributed by atoms with E-state index in [0.29, 0.717) is 13.1 Å². The average molecular weight is 489 g/mol. The van der Waals surface area contributed by atoms with E-state index in [4.69, 9.17) is 11.5 Å². The van der Waals surface area contributed by atoms with Crippen molar-refractivity contribution in [3.8, 4) is 22.5 Å². The van der Waals surface area contributed by atoms with Crippen LogP contribution in [0.3, 0.4) is 0 Å². The second-order valence-corrected chi connectivity index (χ2v) is 10.3. The minimum absolute atomic E-state index is 0.422. The van der Waals surface area contributed by atoms with Crippen molar-refractivity contribution in [2.45, 2.75) is 67.5 Å². The average Bonchev–Trinajstić information content (AvgIpc) is 3.53. The number of nitrogens with zero attached hydrogens (tertiary/aromatic N) is 2. The maximum absolute atomic E-state index is 5.61. The predicted molar refractivity (Wildman–Crippen MR) is 152 cm³/mol. The number of hydrogen-bond acceptors (Lipinski definition) is 4. The topological polar surface area (TPSA) is 109 Å². The van der Waals surface area contributed by atoms with E-state index in [1.807, 2.05) is 12.4 Å². The van der Waals surface area contributed by atoms with E-state index in [-0.39, 0.29) is 0 Å². The van der Waals surface area contributed by atoms with Gasteiger partial charge >= 0.3 is 0 Å². The molecule has 2 aromatic heterocycles. The van der Waals surface area contributed by atoms with Crippen LogP contribution < -0.4 is 11.5 Å². The molecular weight excluding hydrogens is 444 g/mol. The van der Waals surface area contributed by atoms with Gasteiger partial charge in [0.2, 0.25) is 0 Å². The van der Waals surface area contributed by atoms with Crippen molar-refractivity contribution in [1.29, 1.82) is 0 Å². The first-order chi connectivity index (χ1) is 17.2. The molecule has 4 rings (SSSR count). The van der Waals surface area contributed by atoms with Crippen LogP contribution in [0.5, 0.6) is 0 Å². The summed E-state index contributed by atoms with van der Waals surface area (Å²) in [5.41, 5.74) is 18.1. The zero-order valence-corrected chi connectivity index (χ0v) is 22.8. The van der Waals surface area contributed by atoms with Gasteiger partial charge in [0.25, 0.3) is 0 Å². The quantitative estimate of drug-likeness (QED) is 0.238. The second kappa shape index (κ2) is 15.0. The van der Waals surface area contributed by atoms with E-state index in [9.17, 15) is 0 Å². The molecule has 2 heterocycles. The first-order valence-electron chi connectivity index (χ1n) is 12.9. The Morgan fingerprint density at radius 2 is 0.889 bits per heavy atom. The van der Waals surface area contributed by atoms with Gasteiger partial charge in [0.05, 0.1) is 36.9 Å². The molecule has 0 atom stereocenters. The monoisotopic (exact) mass is 488 g/mol. The van der Waals surface area contributed by atoms with Gasteiger partial charge in [-0.1, -0.05) is 90.1 Å². The second-order valence-electron chi connectivity index (χ2n) is 10.3. The van der Waals surface area contributed by atoms with Crippen molar-refractivity contribution in [2.24, 2.45) is 23.3 Å². The summed E-state index contributed by atoms with van der Waals surface area (Å²) in [4.78, 5) is 15.0. The molecule has 36 heavy (non-hydrogen) atoms. The van der Waals surface area contributed by atoms with Crippen LogP contribution in [0.1, 0.15) is 64.3 Å². The zero-order chi connectivity index (χ0) is 26.5. The molecule has 0 aliphatic carbocycles. The molecular formula is C30H44N6. The van der Waals surface area contributed by atoms with Gasteiger partial charge in [-0.3, -0.25) is 0 Å². The highest BCUT2D eigenvalue weighted by molar-refractivity contribution is 5.59. The number of aryl methyl sites for hydroxylation is 2. The Labute approximate surface area is 217 Å². The molecule has 2 aromatic carbocycles.